The summed E-state index contributed by atoms with van der Waals surface area (Å²) in [4.78, 5) is 3.32. The Hall–Kier alpha value is -0.0800. The van der Waals surface area contributed by atoms with E-state index in [0.29, 0.717) is 6.42 Å². The van der Waals surface area contributed by atoms with Crippen LogP contribution in [0, 0.1) is 6.61 Å². The first-order chi connectivity index (χ1) is 2.41. The molecular formula is C3H6O2-2. The van der Waals surface area contributed by atoms with Crippen LogP contribution in [-0.4, -0.2) is 0 Å². The van der Waals surface area contributed by atoms with Crippen molar-refractivity contribution in [3.05, 3.63) is 6.61 Å². The maximum absolute atomic E-state index is 8.97. The third-order valence-corrected chi connectivity index (χ3v) is 0.235. The molecule has 0 unspecified atom stereocenters. The molecule has 0 aromatic carbocycles. The van der Waals surface area contributed by atoms with Crippen molar-refractivity contribution in [3.63, 3.8) is 0 Å². The van der Waals surface area contributed by atoms with Gasteiger partial charge in [0.15, 0.2) is 0 Å². The quantitative estimate of drug-likeness (QED) is 0.259. The fourth-order valence-electron chi connectivity index (χ4n) is 0.0680. The van der Waals surface area contributed by atoms with Gasteiger partial charge in [0.25, 0.3) is 0 Å². The van der Waals surface area contributed by atoms with Crippen molar-refractivity contribution in [2.24, 2.45) is 0 Å². The van der Waals surface area contributed by atoms with Crippen LogP contribution in [0.2, 0.25) is 0 Å². The van der Waals surface area contributed by atoms with Crippen molar-refractivity contribution >= 4 is 0 Å². The molecule has 2 heteroatoms. The zero-order chi connectivity index (χ0) is 4.12. The van der Waals surface area contributed by atoms with Gasteiger partial charge in [0.2, 0.25) is 0 Å². The summed E-state index contributed by atoms with van der Waals surface area (Å²) < 4.78 is 0. The van der Waals surface area contributed by atoms with Crippen LogP contribution < -0.4 is 5.26 Å². The van der Waals surface area contributed by atoms with Crippen molar-refractivity contribution in [1.82, 2.24) is 0 Å². The Kier molecular flexibility index (Phi) is 3.86. The van der Waals surface area contributed by atoms with Gasteiger partial charge in [-0.1, -0.05) is 6.92 Å². The number of hydrogen-bond donors (Lipinski definition) is 0. The van der Waals surface area contributed by atoms with E-state index in [4.69, 9.17) is 5.26 Å². The fraction of sp³-hybridized carbons (Fsp3) is 0.667. The molecule has 0 aliphatic heterocycles. The minimum Gasteiger partial charge on any atom is -0.759 e. The molecule has 0 aliphatic carbocycles. The Bertz CT molecular complexity index is 12.4. The predicted molar refractivity (Wildman–Crippen MR) is 15.7 cm³/mol. The van der Waals surface area contributed by atoms with Crippen molar-refractivity contribution in [2.45, 2.75) is 13.3 Å². The van der Waals surface area contributed by atoms with Crippen LogP contribution in [-0.2, 0) is 4.89 Å². The van der Waals surface area contributed by atoms with E-state index in [9.17, 15) is 0 Å². The molecule has 0 heterocycles. The minimum atomic E-state index is 0.684. The first-order valence-electron chi connectivity index (χ1n) is 1.52. The van der Waals surface area contributed by atoms with Crippen LogP contribution in [0.15, 0.2) is 0 Å². The molecule has 0 spiro atoms. The summed E-state index contributed by atoms with van der Waals surface area (Å²) in [5.41, 5.74) is 0. The highest BCUT2D eigenvalue weighted by Gasteiger charge is 1.44. The lowest BCUT2D eigenvalue weighted by atomic mass is 10.5. The Morgan fingerprint density at radius 1 is 2.00 bits per heavy atom. The molecule has 0 fully saturated rings. The van der Waals surface area contributed by atoms with Crippen molar-refractivity contribution in [1.29, 1.82) is 0 Å². The normalized spacial score (nSPS) is 8.40. The molecule has 5 heavy (non-hydrogen) atoms. The third-order valence-electron chi connectivity index (χ3n) is 0.235. The molecule has 0 N–H and O–H groups in total. The topological polar surface area (TPSA) is 32.3 Å². The van der Waals surface area contributed by atoms with E-state index in [1.807, 2.05) is 6.92 Å². The van der Waals surface area contributed by atoms with Crippen LogP contribution >= 0.6 is 0 Å². The summed E-state index contributed by atoms with van der Waals surface area (Å²) in [6, 6.07) is 0. The minimum absolute atomic E-state index is 0.684. The lowest BCUT2D eigenvalue weighted by Gasteiger charge is -2.15. The van der Waals surface area contributed by atoms with Crippen LogP contribution in [0.4, 0.5) is 0 Å². The van der Waals surface area contributed by atoms with Gasteiger partial charge in [-0.05, 0) is 0 Å². The molecular weight excluding hydrogens is 68.0 g/mol. The number of rotatable bonds is 2. The van der Waals surface area contributed by atoms with Crippen LogP contribution in [0.25, 0.3) is 0 Å². The Labute approximate surface area is 31.3 Å². The highest BCUT2D eigenvalue weighted by atomic mass is 17.1. The average Bonchev–Trinajstić information content (AvgIpc) is 1.41. The van der Waals surface area contributed by atoms with Crippen LogP contribution in [0.5, 0.6) is 0 Å². The summed E-state index contributed by atoms with van der Waals surface area (Å²) in [6.07, 6.45) is 0.684. The van der Waals surface area contributed by atoms with Crippen LogP contribution in [0.3, 0.4) is 0 Å². The third kappa shape index (κ3) is 3.92. The first kappa shape index (κ1) is 4.92. The van der Waals surface area contributed by atoms with E-state index in [2.05, 4.69) is 4.89 Å². The van der Waals surface area contributed by atoms with E-state index >= 15 is 0 Å². The van der Waals surface area contributed by atoms with E-state index < -0.39 is 0 Å². The first-order valence-corrected chi connectivity index (χ1v) is 1.52. The van der Waals surface area contributed by atoms with E-state index in [1.165, 1.54) is 6.61 Å². The molecule has 0 saturated heterocycles. The van der Waals surface area contributed by atoms with Gasteiger partial charge >= 0.3 is 0 Å². The SMILES string of the molecule is CC[CH-]O[O-]. The van der Waals surface area contributed by atoms with Crippen LogP contribution in [0.1, 0.15) is 13.3 Å². The monoisotopic (exact) mass is 74.0 g/mol. The lowest BCUT2D eigenvalue weighted by Crippen LogP contribution is -1.99. The molecule has 0 saturated carbocycles. The molecule has 2 nitrogen and oxygen atoms in total. The van der Waals surface area contributed by atoms with E-state index in [-0.39, 0.29) is 0 Å². The maximum atomic E-state index is 8.97. The Balaban J connectivity index is 2.19. The van der Waals surface area contributed by atoms with Gasteiger partial charge in [0.1, 0.15) is 0 Å². The zero-order valence-electron chi connectivity index (χ0n) is 3.10. The van der Waals surface area contributed by atoms with Gasteiger partial charge < -0.3 is 10.1 Å². The zero-order valence-corrected chi connectivity index (χ0v) is 3.10. The molecule has 0 rings (SSSR count). The predicted octanol–water partition coefficient (Wildman–Crippen LogP) is -0.150. The largest absolute Gasteiger partial charge is 0.759 e. The molecule has 0 radical (unpaired) electrons. The van der Waals surface area contributed by atoms with Crippen molar-refractivity contribution < 1.29 is 10.1 Å². The van der Waals surface area contributed by atoms with E-state index in [0.717, 1.165) is 0 Å². The van der Waals surface area contributed by atoms with Crippen molar-refractivity contribution in [3.8, 4) is 0 Å². The van der Waals surface area contributed by atoms with E-state index in [1.54, 1.807) is 0 Å². The molecule has 32 valence electrons. The molecule has 0 aromatic rings. The van der Waals surface area contributed by atoms with Crippen molar-refractivity contribution in [2.75, 3.05) is 0 Å². The Morgan fingerprint density at radius 3 is 2.60 bits per heavy atom. The average molecular weight is 74.1 g/mol. The molecule has 0 aliphatic rings. The van der Waals surface area contributed by atoms with Gasteiger partial charge in [0.05, 0.1) is 0 Å². The Morgan fingerprint density at radius 2 is 2.60 bits per heavy atom. The summed E-state index contributed by atoms with van der Waals surface area (Å²) in [7, 11) is 0. The highest BCUT2D eigenvalue weighted by Crippen LogP contribution is 1.76. The highest BCUT2D eigenvalue weighted by molar-refractivity contribution is 4.34. The second-order valence-corrected chi connectivity index (χ2v) is 0.671. The molecule has 0 aromatic heterocycles. The summed E-state index contributed by atoms with van der Waals surface area (Å²) in [5.74, 6) is 0. The summed E-state index contributed by atoms with van der Waals surface area (Å²) >= 11 is 0. The van der Waals surface area contributed by atoms with Gasteiger partial charge in [-0.15, -0.1) is 0 Å². The molecule has 0 bridgehead atoms. The summed E-state index contributed by atoms with van der Waals surface area (Å²) in [6.45, 7) is 3.03. The summed E-state index contributed by atoms with van der Waals surface area (Å²) in [5, 5.41) is 8.97. The maximum Gasteiger partial charge on any atom is -0.0907 e. The second-order valence-electron chi connectivity index (χ2n) is 0.671. The lowest BCUT2D eigenvalue weighted by molar-refractivity contribution is -0.675. The second kappa shape index (κ2) is 3.92. The van der Waals surface area contributed by atoms with Gasteiger partial charge in [-0.2, -0.15) is 6.42 Å². The number of hydrogen-bond acceptors (Lipinski definition) is 2. The standard InChI is InChI=1S/C3H7O2/c1-2-3-5-4/h3-4H,2H2,1H3/q-1/p-1. The van der Waals surface area contributed by atoms with Gasteiger partial charge in [0, 0.05) is 0 Å². The molecule has 0 amide bonds. The smallest absolute Gasteiger partial charge is 0.0907 e. The van der Waals surface area contributed by atoms with Gasteiger partial charge in [-0.25, -0.2) is 6.61 Å². The van der Waals surface area contributed by atoms with Gasteiger partial charge in [-0.3, -0.25) is 0 Å². The molecule has 0 atom stereocenters. The fourth-order valence-corrected chi connectivity index (χ4v) is 0.0680.